The van der Waals surface area contributed by atoms with Gasteiger partial charge in [-0.15, -0.1) is 0 Å². The number of allylic oxidation sites excluding steroid dienone is 1. The number of ether oxygens (including phenoxy) is 1. The number of aromatic carboxylic acids is 1. The number of carboxylic acids is 1. The summed E-state index contributed by atoms with van der Waals surface area (Å²) < 4.78 is 4.76. The van der Waals surface area contributed by atoms with Crippen molar-refractivity contribution in [3.8, 4) is 5.75 Å². The highest BCUT2D eigenvalue weighted by Gasteiger charge is 2.14. The van der Waals surface area contributed by atoms with Crippen LogP contribution in [0.1, 0.15) is 36.5 Å². The molecule has 6 heteroatoms. The van der Waals surface area contributed by atoms with Crippen molar-refractivity contribution in [1.82, 2.24) is 0 Å². The SMILES string of the molecule is CCCC/C=C/OC(=O)Nc1cccc(C(=O)O)c1O. The fourth-order valence-electron chi connectivity index (χ4n) is 1.46. The lowest BCUT2D eigenvalue weighted by Crippen LogP contribution is -2.11. The number of carbonyl (C=O) groups excluding carboxylic acids is 1. The van der Waals surface area contributed by atoms with Crippen LogP contribution in [0, 0.1) is 0 Å². The summed E-state index contributed by atoms with van der Waals surface area (Å²) in [5.41, 5.74) is -0.307. The highest BCUT2D eigenvalue weighted by molar-refractivity contribution is 5.96. The minimum absolute atomic E-state index is 0.0168. The topological polar surface area (TPSA) is 95.9 Å². The average Bonchev–Trinajstić information content (AvgIpc) is 2.40. The minimum atomic E-state index is -1.28. The van der Waals surface area contributed by atoms with Crippen molar-refractivity contribution in [3.63, 3.8) is 0 Å². The number of hydrogen-bond donors (Lipinski definition) is 3. The predicted molar refractivity (Wildman–Crippen MR) is 73.8 cm³/mol. The van der Waals surface area contributed by atoms with Crippen molar-refractivity contribution in [2.75, 3.05) is 5.32 Å². The molecule has 0 aliphatic carbocycles. The molecule has 0 aliphatic heterocycles. The lowest BCUT2D eigenvalue weighted by molar-refractivity contribution is 0.0693. The first kappa shape index (κ1) is 15.6. The monoisotopic (exact) mass is 279 g/mol. The molecule has 0 aliphatic rings. The number of carbonyl (C=O) groups is 2. The molecular formula is C14H17NO5. The van der Waals surface area contributed by atoms with Crippen LogP contribution < -0.4 is 5.32 Å². The number of anilines is 1. The molecular weight excluding hydrogens is 262 g/mol. The number of carboxylic acid groups (broad SMARTS) is 1. The minimum Gasteiger partial charge on any atom is -0.505 e. The Hall–Kier alpha value is -2.50. The van der Waals surface area contributed by atoms with Gasteiger partial charge in [0.05, 0.1) is 11.9 Å². The van der Waals surface area contributed by atoms with Crippen LogP contribution in [0.4, 0.5) is 10.5 Å². The van der Waals surface area contributed by atoms with Gasteiger partial charge in [-0.2, -0.15) is 0 Å². The maximum atomic E-state index is 11.4. The van der Waals surface area contributed by atoms with Gasteiger partial charge in [-0.1, -0.05) is 19.4 Å². The van der Waals surface area contributed by atoms with Crippen molar-refractivity contribution in [2.24, 2.45) is 0 Å². The second-order valence-corrected chi connectivity index (χ2v) is 4.05. The summed E-state index contributed by atoms with van der Waals surface area (Å²) in [6.45, 7) is 2.06. The van der Waals surface area contributed by atoms with Crippen LogP contribution in [0.3, 0.4) is 0 Å². The number of aromatic hydroxyl groups is 1. The normalized spacial score (nSPS) is 10.4. The summed E-state index contributed by atoms with van der Waals surface area (Å²) in [7, 11) is 0. The molecule has 3 N–H and O–H groups in total. The molecule has 0 radical (unpaired) electrons. The maximum absolute atomic E-state index is 11.4. The van der Waals surface area contributed by atoms with Gasteiger partial charge < -0.3 is 14.9 Å². The van der Waals surface area contributed by atoms with E-state index in [2.05, 4.69) is 12.2 Å². The van der Waals surface area contributed by atoms with Crippen LogP contribution in [0.25, 0.3) is 0 Å². The fraction of sp³-hybridized carbons (Fsp3) is 0.286. The van der Waals surface area contributed by atoms with E-state index in [4.69, 9.17) is 9.84 Å². The van der Waals surface area contributed by atoms with Crippen LogP contribution in [-0.2, 0) is 4.74 Å². The molecule has 1 rings (SSSR count). The molecule has 0 spiro atoms. The third-order valence-corrected chi connectivity index (χ3v) is 2.50. The van der Waals surface area contributed by atoms with E-state index < -0.39 is 17.8 Å². The van der Waals surface area contributed by atoms with Crippen molar-refractivity contribution in [2.45, 2.75) is 26.2 Å². The summed E-state index contributed by atoms with van der Waals surface area (Å²) in [6, 6.07) is 4.03. The fourth-order valence-corrected chi connectivity index (χ4v) is 1.46. The van der Waals surface area contributed by atoms with Gasteiger partial charge in [-0.3, -0.25) is 5.32 Å². The Balaban J connectivity index is 2.60. The molecule has 1 aromatic carbocycles. The number of nitrogens with one attached hydrogen (secondary N) is 1. The number of phenols is 1. The third kappa shape index (κ3) is 4.64. The van der Waals surface area contributed by atoms with Gasteiger partial charge in [0, 0.05) is 0 Å². The van der Waals surface area contributed by atoms with Gasteiger partial charge in [-0.25, -0.2) is 9.59 Å². The molecule has 0 saturated carbocycles. The van der Waals surface area contributed by atoms with E-state index in [0.29, 0.717) is 0 Å². The van der Waals surface area contributed by atoms with Crippen molar-refractivity contribution in [3.05, 3.63) is 36.1 Å². The van der Waals surface area contributed by atoms with Gasteiger partial charge >= 0.3 is 12.1 Å². The van der Waals surface area contributed by atoms with E-state index in [9.17, 15) is 14.7 Å². The Morgan fingerprint density at radius 2 is 2.15 bits per heavy atom. The molecule has 0 aromatic heterocycles. The predicted octanol–water partition coefficient (Wildman–Crippen LogP) is 3.34. The van der Waals surface area contributed by atoms with Crippen molar-refractivity contribution in [1.29, 1.82) is 0 Å². The second-order valence-electron chi connectivity index (χ2n) is 4.05. The first-order valence-corrected chi connectivity index (χ1v) is 6.24. The van der Waals surface area contributed by atoms with Gasteiger partial charge in [-0.05, 0) is 31.1 Å². The largest absolute Gasteiger partial charge is 0.505 e. The summed E-state index contributed by atoms with van der Waals surface area (Å²) in [4.78, 5) is 22.3. The van der Waals surface area contributed by atoms with Crippen LogP contribution in [0.5, 0.6) is 5.75 Å². The number of amides is 1. The highest BCUT2D eigenvalue weighted by atomic mass is 16.5. The molecule has 0 fully saturated rings. The Morgan fingerprint density at radius 1 is 1.40 bits per heavy atom. The molecule has 6 nitrogen and oxygen atoms in total. The van der Waals surface area contributed by atoms with E-state index in [0.717, 1.165) is 19.3 Å². The molecule has 0 atom stereocenters. The van der Waals surface area contributed by atoms with Crippen LogP contribution in [0.15, 0.2) is 30.5 Å². The lowest BCUT2D eigenvalue weighted by atomic mass is 10.2. The summed E-state index contributed by atoms with van der Waals surface area (Å²) in [5.74, 6) is -1.79. The Kier molecular flexibility index (Phi) is 6.09. The second kappa shape index (κ2) is 7.83. The number of benzene rings is 1. The van der Waals surface area contributed by atoms with Gasteiger partial charge in [0.1, 0.15) is 5.56 Å². The lowest BCUT2D eigenvalue weighted by Gasteiger charge is -2.07. The Morgan fingerprint density at radius 3 is 2.80 bits per heavy atom. The van der Waals surface area contributed by atoms with E-state index in [1.807, 2.05) is 0 Å². The maximum Gasteiger partial charge on any atom is 0.416 e. The van der Waals surface area contributed by atoms with Gasteiger partial charge in [0.25, 0.3) is 0 Å². The molecule has 0 unspecified atom stereocenters. The number of hydrogen-bond acceptors (Lipinski definition) is 4. The summed E-state index contributed by atoms with van der Waals surface area (Å²) in [5, 5.41) is 20.8. The molecule has 0 bridgehead atoms. The third-order valence-electron chi connectivity index (χ3n) is 2.50. The van der Waals surface area contributed by atoms with E-state index >= 15 is 0 Å². The number of unbranched alkanes of at least 4 members (excludes halogenated alkanes) is 2. The van der Waals surface area contributed by atoms with E-state index in [1.54, 1.807) is 6.08 Å². The first-order chi connectivity index (χ1) is 9.56. The van der Waals surface area contributed by atoms with Gasteiger partial charge in [0.2, 0.25) is 0 Å². The molecule has 0 saturated heterocycles. The molecule has 1 aromatic rings. The molecule has 1 amide bonds. The molecule has 108 valence electrons. The van der Waals surface area contributed by atoms with Gasteiger partial charge in [0.15, 0.2) is 5.75 Å². The van der Waals surface area contributed by atoms with Crippen LogP contribution in [0.2, 0.25) is 0 Å². The summed E-state index contributed by atoms with van der Waals surface area (Å²) >= 11 is 0. The molecule has 0 heterocycles. The number of para-hydroxylation sites is 1. The Bertz CT molecular complexity index is 510. The summed E-state index contributed by atoms with van der Waals surface area (Å²) in [6.07, 6.45) is 5.05. The smallest absolute Gasteiger partial charge is 0.416 e. The highest BCUT2D eigenvalue weighted by Crippen LogP contribution is 2.27. The van der Waals surface area contributed by atoms with Crippen LogP contribution >= 0.6 is 0 Å². The molecule has 20 heavy (non-hydrogen) atoms. The average molecular weight is 279 g/mol. The number of rotatable bonds is 6. The first-order valence-electron chi connectivity index (χ1n) is 6.24. The van der Waals surface area contributed by atoms with Crippen molar-refractivity contribution >= 4 is 17.7 Å². The zero-order valence-electron chi connectivity index (χ0n) is 11.1. The zero-order valence-corrected chi connectivity index (χ0v) is 11.1. The quantitative estimate of drug-likeness (QED) is 0.421. The Labute approximate surface area is 116 Å². The van der Waals surface area contributed by atoms with E-state index in [1.165, 1.54) is 24.5 Å². The zero-order chi connectivity index (χ0) is 15.0. The van der Waals surface area contributed by atoms with E-state index in [-0.39, 0.29) is 11.3 Å². The standard InChI is InChI=1S/C14H17NO5/c1-2-3-4-5-9-20-14(19)15-11-8-6-7-10(12(11)16)13(17)18/h5-9,16H,2-4H2,1H3,(H,15,19)(H,17,18)/b9-5+. The van der Waals surface area contributed by atoms with Crippen LogP contribution in [-0.4, -0.2) is 22.3 Å². The van der Waals surface area contributed by atoms with Crippen molar-refractivity contribution < 1.29 is 24.5 Å².